The first-order valence-corrected chi connectivity index (χ1v) is 20.2. The Kier molecular flexibility index (Phi) is 23.0. The third kappa shape index (κ3) is 17.2. The van der Waals surface area contributed by atoms with Crippen molar-refractivity contribution in [3.8, 4) is 0 Å². The monoisotopic (exact) mass is 573 g/mol. The minimum absolute atomic E-state index is 1.00. The fourth-order valence-electron chi connectivity index (χ4n) is 9.52. The van der Waals surface area contributed by atoms with Gasteiger partial charge in [0.1, 0.15) is 0 Å². The Balaban J connectivity index is 2.23. The van der Waals surface area contributed by atoms with Crippen LogP contribution in [0.4, 0.5) is 0 Å². The lowest BCUT2D eigenvalue weighted by Gasteiger charge is -2.32. The average molecular weight is 573 g/mol. The van der Waals surface area contributed by atoms with Crippen LogP contribution in [0.3, 0.4) is 0 Å². The Hall–Kier alpha value is 0. The summed E-state index contributed by atoms with van der Waals surface area (Å²) in [4.78, 5) is 0. The molecule has 2 bridgehead atoms. The van der Waals surface area contributed by atoms with Crippen LogP contribution in [0, 0.1) is 35.5 Å². The minimum atomic E-state index is 1.00. The summed E-state index contributed by atoms with van der Waals surface area (Å²) in [5, 5.41) is 0. The summed E-state index contributed by atoms with van der Waals surface area (Å²) in [6, 6.07) is 0. The molecule has 0 N–H and O–H groups in total. The third-order valence-corrected chi connectivity index (χ3v) is 11.9. The first kappa shape index (κ1) is 37.2. The zero-order chi connectivity index (χ0) is 29.4. The molecule has 0 aromatic heterocycles. The SMILES string of the molecule is CCCC1CCCCCCCCCC2CCCCCCCCCC(CCC)C(CCC)CCC(CCC1CCC)C2. The first-order valence-electron chi connectivity index (χ1n) is 20.2. The molecule has 4 atom stereocenters. The van der Waals surface area contributed by atoms with Gasteiger partial charge in [0, 0.05) is 0 Å². The highest BCUT2D eigenvalue weighted by atomic mass is 14.3. The summed E-state index contributed by atoms with van der Waals surface area (Å²) in [5.41, 5.74) is 0. The highest BCUT2D eigenvalue weighted by molar-refractivity contribution is 4.78. The van der Waals surface area contributed by atoms with Gasteiger partial charge in [0.25, 0.3) is 0 Å². The molecule has 2 saturated carbocycles. The number of hydrogen-bond acceptors (Lipinski definition) is 0. The average Bonchev–Trinajstić information content (AvgIpc) is 2.96. The van der Waals surface area contributed by atoms with Crippen molar-refractivity contribution in [1.82, 2.24) is 0 Å². The van der Waals surface area contributed by atoms with Gasteiger partial charge in [-0.2, -0.15) is 0 Å². The molecule has 2 aliphatic rings. The van der Waals surface area contributed by atoms with E-state index in [9.17, 15) is 0 Å². The van der Waals surface area contributed by atoms with Crippen molar-refractivity contribution < 1.29 is 0 Å². The molecule has 0 heteroatoms. The normalized spacial score (nSPS) is 31.9. The molecule has 0 heterocycles. The van der Waals surface area contributed by atoms with Gasteiger partial charge in [0.15, 0.2) is 0 Å². The van der Waals surface area contributed by atoms with Crippen LogP contribution in [0.15, 0.2) is 0 Å². The van der Waals surface area contributed by atoms with Crippen LogP contribution in [0.1, 0.15) is 227 Å². The molecule has 0 aromatic rings. The Morgan fingerprint density at radius 1 is 0.293 bits per heavy atom. The molecule has 0 nitrogen and oxygen atoms in total. The maximum Gasteiger partial charge on any atom is -0.0386 e. The van der Waals surface area contributed by atoms with Crippen LogP contribution < -0.4 is 0 Å². The predicted molar refractivity (Wildman–Crippen MR) is 187 cm³/mol. The molecular formula is C41H80. The van der Waals surface area contributed by atoms with E-state index in [4.69, 9.17) is 0 Å². The molecule has 0 amide bonds. The van der Waals surface area contributed by atoms with Gasteiger partial charge in [-0.15, -0.1) is 0 Å². The zero-order valence-corrected chi connectivity index (χ0v) is 29.4. The largest absolute Gasteiger partial charge is 0.0654 e. The maximum absolute atomic E-state index is 2.47. The van der Waals surface area contributed by atoms with Crippen LogP contribution in [0.25, 0.3) is 0 Å². The lowest BCUT2D eigenvalue weighted by molar-refractivity contribution is 0.194. The Morgan fingerprint density at radius 2 is 0.561 bits per heavy atom. The van der Waals surface area contributed by atoms with E-state index in [-0.39, 0.29) is 0 Å². The Morgan fingerprint density at radius 3 is 0.902 bits per heavy atom. The zero-order valence-electron chi connectivity index (χ0n) is 29.4. The second-order valence-corrected chi connectivity index (χ2v) is 15.4. The molecular weight excluding hydrogens is 492 g/mol. The summed E-state index contributed by atoms with van der Waals surface area (Å²) in [6.07, 6.45) is 46.6. The predicted octanol–water partition coefficient (Wildman–Crippen LogP) is 14.9. The van der Waals surface area contributed by atoms with Gasteiger partial charge in [0.2, 0.25) is 0 Å². The van der Waals surface area contributed by atoms with Crippen molar-refractivity contribution in [2.75, 3.05) is 0 Å². The molecule has 0 spiro atoms. The van der Waals surface area contributed by atoms with Crippen LogP contribution in [-0.4, -0.2) is 0 Å². The third-order valence-electron chi connectivity index (χ3n) is 11.9. The highest BCUT2D eigenvalue weighted by Gasteiger charge is 2.26. The van der Waals surface area contributed by atoms with E-state index < -0.39 is 0 Å². The van der Waals surface area contributed by atoms with Crippen LogP contribution in [-0.2, 0) is 0 Å². The number of hydrogen-bond donors (Lipinski definition) is 0. The second kappa shape index (κ2) is 25.3. The van der Waals surface area contributed by atoms with E-state index in [1.54, 1.807) is 44.9 Å². The Bertz CT molecular complexity index is 504. The molecule has 0 aromatic carbocycles. The van der Waals surface area contributed by atoms with Gasteiger partial charge in [-0.1, -0.05) is 207 Å². The highest BCUT2D eigenvalue weighted by Crippen LogP contribution is 2.39. The van der Waals surface area contributed by atoms with Gasteiger partial charge in [-0.3, -0.25) is 0 Å². The van der Waals surface area contributed by atoms with Gasteiger partial charge >= 0.3 is 0 Å². The standard InChI is InChI=1S/C41H80/c1-5-23-38-29-21-17-13-9-11-15-19-27-36-28-20-16-12-10-14-18-22-30-39(24-6-2)41(26-8-4)34-32-37(35-36)31-33-40(38)25-7-3/h36-41H,5-35H2,1-4H3. The number of fused-ring (bicyclic) bond motifs is 2. The van der Waals surface area contributed by atoms with Crippen molar-refractivity contribution in [2.45, 2.75) is 227 Å². The molecule has 2 rings (SSSR count). The molecule has 4 unspecified atom stereocenters. The molecule has 41 heavy (non-hydrogen) atoms. The van der Waals surface area contributed by atoms with Crippen molar-refractivity contribution in [2.24, 2.45) is 35.5 Å². The molecule has 0 saturated heterocycles. The van der Waals surface area contributed by atoms with Crippen LogP contribution in [0.2, 0.25) is 0 Å². The molecule has 0 aliphatic heterocycles. The van der Waals surface area contributed by atoms with Gasteiger partial charge in [-0.05, 0) is 54.8 Å². The quantitative estimate of drug-likeness (QED) is 0.271. The van der Waals surface area contributed by atoms with E-state index >= 15 is 0 Å². The minimum Gasteiger partial charge on any atom is -0.0654 e. The smallest absolute Gasteiger partial charge is 0.0386 e. The topological polar surface area (TPSA) is 0 Å². The fourth-order valence-corrected chi connectivity index (χ4v) is 9.52. The van der Waals surface area contributed by atoms with E-state index in [0.29, 0.717) is 0 Å². The summed E-state index contributed by atoms with van der Waals surface area (Å²) in [7, 11) is 0. The van der Waals surface area contributed by atoms with Crippen molar-refractivity contribution in [1.29, 1.82) is 0 Å². The first-order chi connectivity index (χ1) is 20.2. The summed E-state index contributed by atoms with van der Waals surface area (Å²) >= 11 is 0. The molecule has 2 fully saturated rings. The van der Waals surface area contributed by atoms with Crippen LogP contribution >= 0.6 is 0 Å². The van der Waals surface area contributed by atoms with Crippen molar-refractivity contribution in [3.05, 3.63) is 0 Å². The summed E-state index contributed by atoms with van der Waals surface area (Å²) in [5.74, 6) is 6.06. The van der Waals surface area contributed by atoms with Gasteiger partial charge < -0.3 is 0 Å². The second-order valence-electron chi connectivity index (χ2n) is 15.4. The van der Waals surface area contributed by atoms with Gasteiger partial charge in [-0.25, -0.2) is 0 Å². The maximum atomic E-state index is 2.47. The molecule has 244 valence electrons. The summed E-state index contributed by atoms with van der Waals surface area (Å²) < 4.78 is 0. The fraction of sp³-hybridized carbons (Fsp3) is 1.00. The van der Waals surface area contributed by atoms with E-state index in [1.165, 1.54) is 154 Å². The molecule has 0 radical (unpaired) electrons. The van der Waals surface area contributed by atoms with E-state index in [1.807, 2.05) is 0 Å². The van der Waals surface area contributed by atoms with Crippen molar-refractivity contribution >= 4 is 0 Å². The lowest BCUT2D eigenvalue weighted by Crippen LogP contribution is -2.20. The number of rotatable bonds is 8. The molecule has 2 aliphatic carbocycles. The van der Waals surface area contributed by atoms with Crippen molar-refractivity contribution in [3.63, 3.8) is 0 Å². The van der Waals surface area contributed by atoms with Crippen LogP contribution in [0.5, 0.6) is 0 Å². The lowest BCUT2D eigenvalue weighted by atomic mass is 9.73. The van der Waals surface area contributed by atoms with Gasteiger partial charge in [0.05, 0.1) is 0 Å². The van der Waals surface area contributed by atoms with E-state index in [0.717, 1.165) is 35.5 Å². The summed E-state index contributed by atoms with van der Waals surface area (Å²) in [6.45, 7) is 9.84. The van der Waals surface area contributed by atoms with E-state index in [2.05, 4.69) is 27.7 Å². The Labute approximate surface area is 261 Å².